The molecule has 0 bridgehead atoms. The van der Waals surface area contributed by atoms with E-state index in [1.807, 2.05) is 74.2 Å². The molecule has 0 radical (unpaired) electrons. The Hall–Kier alpha value is -3.54. The Morgan fingerprint density at radius 2 is 1.71 bits per heavy atom. The zero-order valence-corrected chi connectivity index (χ0v) is 24.7. The molecule has 2 amide bonds. The van der Waals surface area contributed by atoms with Gasteiger partial charge in [0.2, 0.25) is 0 Å². The number of aliphatic hydroxyl groups is 1. The van der Waals surface area contributed by atoms with Crippen LogP contribution in [0.1, 0.15) is 74.4 Å². The van der Waals surface area contributed by atoms with Crippen molar-refractivity contribution in [2.24, 2.45) is 0 Å². The largest absolute Gasteiger partial charge is 0.493 e. The molecule has 1 heterocycles. The van der Waals surface area contributed by atoms with Crippen molar-refractivity contribution in [2.75, 3.05) is 46.1 Å². The third-order valence-electron chi connectivity index (χ3n) is 6.45. The zero-order chi connectivity index (χ0) is 29.5. The molecule has 0 atom stereocenters. The van der Waals surface area contributed by atoms with Crippen molar-refractivity contribution in [3.05, 3.63) is 65.2 Å². The average molecular weight is 565 g/mol. The molecule has 0 spiro atoms. The fourth-order valence-electron chi connectivity index (χ4n) is 4.41. The Kier molecular flexibility index (Phi) is 13.0. The van der Waals surface area contributed by atoms with Crippen LogP contribution in [0.2, 0.25) is 0 Å². The van der Waals surface area contributed by atoms with Gasteiger partial charge in [0.25, 0.3) is 5.91 Å². The summed E-state index contributed by atoms with van der Waals surface area (Å²) in [7, 11) is 0. The Labute approximate surface area is 244 Å². The summed E-state index contributed by atoms with van der Waals surface area (Å²) in [6, 6.07) is 15.3. The molecule has 3 rings (SSSR count). The SMILES string of the molecule is CC(C)(C)OC(=O)N(CCOCCO)Cc1ccccc1OCCCCC#Cc1ccccc1C(=O)N1CCCC1. The second kappa shape index (κ2) is 16.7. The van der Waals surface area contributed by atoms with Crippen LogP contribution in [0, 0.1) is 11.8 Å². The monoisotopic (exact) mass is 564 g/mol. The second-order valence-corrected chi connectivity index (χ2v) is 11.0. The lowest BCUT2D eigenvalue weighted by Crippen LogP contribution is -2.38. The van der Waals surface area contributed by atoms with Crippen molar-refractivity contribution in [3.63, 3.8) is 0 Å². The van der Waals surface area contributed by atoms with Crippen molar-refractivity contribution < 1.29 is 28.9 Å². The van der Waals surface area contributed by atoms with Crippen LogP contribution in [0.4, 0.5) is 4.79 Å². The minimum atomic E-state index is -0.619. The average Bonchev–Trinajstić information content (AvgIpc) is 3.49. The molecule has 2 aromatic rings. The summed E-state index contributed by atoms with van der Waals surface area (Å²) in [6.45, 7) is 8.75. The zero-order valence-electron chi connectivity index (χ0n) is 24.7. The van der Waals surface area contributed by atoms with Gasteiger partial charge in [-0.05, 0) is 64.7 Å². The van der Waals surface area contributed by atoms with Gasteiger partial charge in [-0.1, -0.05) is 42.2 Å². The van der Waals surface area contributed by atoms with Crippen molar-refractivity contribution in [1.29, 1.82) is 0 Å². The molecule has 0 aromatic heterocycles. The summed E-state index contributed by atoms with van der Waals surface area (Å²) in [5, 5.41) is 8.97. The smallest absolute Gasteiger partial charge is 0.410 e. The molecule has 0 saturated carbocycles. The van der Waals surface area contributed by atoms with Crippen LogP contribution < -0.4 is 4.74 Å². The number of rotatable bonds is 13. The Morgan fingerprint density at radius 3 is 2.46 bits per heavy atom. The quantitative estimate of drug-likeness (QED) is 0.264. The van der Waals surface area contributed by atoms with Crippen molar-refractivity contribution in [3.8, 4) is 17.6 Å². The van der Waals surface area contributed by atoms with Gasteiger partial charge in [0.15, 0.2) is 0 Å². The first kappa shape index (κ1) is 32.0. The Balaban J connectivity index is 1.51. The number of para-hydroxylation sites is 1. The first-order valence-corrected chi connectivity index (χ1v) is 14.5. The van der Waals surface area contributed by atoms with Gasteiger partial charge in [0.1, 0.15) is 11.4 Å². The number of hydrogen-bond donors (Lipinski definition) is 1. The van der Waals surface area contributed by atoms with E-state index < -0.39 is 11.7 Å². The summed E-state index contributed by atoms with van der Waals surface area (Å²) < 4.78 is 17.1. The van der Waals surface area contributed by atoms with Gasteiger partial charge in [-0.25, -0.2) is 4.79 Å². The van der Waals surface area contributed by atoms with Crippen LogP contribution >= 0.6 is 0 Å². The van der Waals surface area contributed by atoms with E-state index in [9.17, 15) is 9.59 Å². The number of benzene rings is 2. The van der Waals surface area contributed by atoms with Crippen LogP contribution in [0.3, 0.4) is 0 Å². The Bertz CT molecular complexity index is 1170. The molecule has 0 unspecified atom stereocenters. The van der Waals surface area contributed by atoms with Gasteiger partial charge in [0, 0.05) is 37.2 Å². The number of unbranched alkanes of at least 4 members (excludes halogenated alkanes) is 2. The molecule has 1 N–H and O–H groups in total. The lowest BCUT2D eigenvalue weighted by atomic mass is 10.1. The van der Waals surface area contributed by atoms with Gasteiger partial charge in [-0.3, -0.25) is 4.79 Å². The summed E-state index contributed by atoms with van der Waals surface area (Å²) in [4.78, 5) is 29.2. The topological polar surface area (TPSA) is 88.5 Å². The van der Waals surface area contributed by atoms with Crippen molar-refractivity contribution in [1.82, 2.24) is 9.80 Å². The highest BCUT2D eigenvalue weighted by molar-refractivity contribution is 5.96. The number of carbonyl (C=O) groups is 2. The van der Waals surface area contributed by atoms with E-state index >= 15 is 0 Å². The van der Waals surface area contributed by atoms with E-state index in [-0.39, 0.29) is 19.1 Å². The highest BCUT2D eigenvalue weighted by Gasteiger charge is 2.23. The summed E-state index contributed by atoms with van der Waals surface area (Å²) in [5.74, 6) is 7.21. The molecule has 1 aliphatic rings. The summed E-state index contributed by atoms with van der Waals surface area (Å²) in [6.07, 6.45) is 4.09. The summed E-state index contributed by atoms with van der Waals surface area (Å²) in [5.41, 5.74) is 1.72. The van der Waals surface area contributed by atoms with E-state index in [4.69, 9.17) is 19.3 Å². The van der Waals surface area contributed by atoms with Crippen LogP contribution in [0.25, 0.3) is 0 Å². The molecule has 1 saturated heterocycles. The highest BCUT2D eigenvalue weighted by Crippen LogP contribution is 2.22. The van der Waals surface area contributed by atoms with Gasteiger partial charge >= 0.3 is 6.09 Å². The molecule has 1 aliphatic heterocycles. The third kappa shape index (κ3) is 11.1. The standard InChI is InChI=1S/C33H44N2O6/c1-33(2,3)41-32(38)35(21-24-39-25-22-36)26-28-16-8-10-18-30(28)40-23-13-5-4-6-14-27-15-7-9-17-29(27)31(37)34-19-11-12-20-34/h7-10,15-18,36H,4-5,11-13,19-26H2,1-3H3. The van der Waals surface area contributed by atoms with Gasteiger partial charge in [-0.15, -0.1) is 0 Å². The van der Waals surface area contributed by atoms with Gasteiger partial charge < -0.3 is 29.1 Å². The number of amides is 2. The minimum absolute atomic E-state index is 0.0690. The lowest BCUT2D eigenvalue weighted by molar-refractivity contribution is 0.0134. The van der Waals surface area contributed by atoms with Crippen LogP contribution in [0.15, 0.2) is 48.5 Å². The molecular weight excluding hydrogens is 520 g/mol. The van der Waals surface area contributed by atoms with E-state index in [1.54, 1.807) is 4.90 Å². The molecule has 222 valence electrons. The molecule has 8 nitrogen and oxygen atoms in total. The van der Waals surface area contributed by atoms with Crippen LogP contribution in [-0.2, 0) is 16.0 Å². The summed E-state index contributed by atoms with van der Waals surface area (Å²) >= 11 is 0. The molecule has 2 aromatic carbocycles. The van der Waals surface area contributed by atoms with Gasteiger partial charge in [-0.2, -0.15) is 0 Å². The number of hydrogen-bond acceptors (Lipinski definition) is 6. The van der Waals surface area contributed by atoms with Crippen molar-refractivity contribution in [2.45, 2.75) is 65.0 Å². The predicted molar refractivity (Wildman–Crippen MR) is 159 cm³/mol. The predicted octanol–water partition coefficient (Wildman–Crippen LogP) is 5.27. The number of aliphatic hydroxyl groups excluding tert-OH is 1. The maximum absolute atomic E-state index is 12.9. The van der Waals surface area contributed by atoms with E-state index in [0.29, 0.717) is 38.3 Å². The molecule has 1 fully saturated rings. The van der Waals surface area contributed by atoms with E-state index in [0.717, 1.165) is 55.6 Å². The van der Waals surface area contributed by atoms with E-state index in [1.165, 1.54) is 0 Å². The first-order valence-electron chi connectivity index (χ1n) is 14.5. The number of likely N-dealkylation sites (tertiary alicyclic amines) is 1. The third-order valence-corrected chi connectivity index (χ3v) is 6.45. The first-order chi connectivity index (χ1) is 19.8. The van der Waals surface area contributed by atoms with E-state index in [2.05, 4.69) is 11.8 Å². The number of nitrogens with zero attached hydrogens (tertiary/aromatic N) is 2. The minimum Gasteiger partial charge on any atom is -0.493 e. The lowest BCUT2D eigenvalue weighted by Gasteiger charge is -2.28. The fraction of sp³-hybridized carbons (Fsp3) is 0.515. The van der Waals surface area contributed by atoms with Gasteiger partial charge in [0.05, 0.1) is 38.5 Å². The fourth-order valence-corrected chi connectivity index (χ4v) is 4.41. The van der Waals surface area contributed by atoms with Crippen LogP contribution in [-0.4, -0.2) is 78.6 Å². The van der Waals surface area contributed by atoms with Crippen LogP contribution in [0.5, 0.6) is 5.75 Å². The second-order valence-electron chi connectivity index (χ2n) is 11.0. The Morgan fingerprint density at radius 1 is 0.976 bits per heavy atom. The molecular formula is C33H44N2O6. The maximum atomic E-state index is 12.9. The molecule has 8 heteroatoms. The molecule has 0 aliphatic carbocycles. The number of ether oxygens (including phenoxy) is 3. The maximum Gasteiger partial charge on any atom is 0.410 e. The highest BCUT2D eigenvalue weighted by atomic mass is 16.6. The van der Waals surface area contributed by atoms with Crippen molar-refractivity contribution >= 4 is 12.0 Å². The number of carbonyl (C=O) groups excluding carboxylic acids is 2. The normalized spacial score (nSPS) is 12.9. The molecule has 41 heavy (non-hydrogen) atoms.